The van der Waals surface area contributed by atoms with Gasteiger partial charge in [-0.1, -0.05) is 27.7 Å². The Morgan fingerprint density at radius 3 is 2.81 bits per heavy atom. The highest BCUT2D eigenvalue weighted by Crippen LogP contribution is 2.22. The number of rotatable bonds is 7. The summed E-state index contributed by atoms with van der Waals surface area (Å²) < 4.78 is 0. The maximum atomic E-state index is 4.62. The van der Waals surface area contributed by atoms with Crippen LogP contribution in [0.1, 0.15) is 44.8 Å². The SMILES string of the molecule is CCC(C)SCc1nc(CNC(C)C)cs1. The molecule has 1 rings (SSSR count). The highest BCUT2D eigenvalue weighted by atomic mass is 32.2. The molecule has 16 heavy (non-hydrogen) atoms. The average molecular weight is 258 g/mol. The van der Waals surface area contributed by atoms with Gasteiger partial charge in [0.25, 0.3) is 0 Å². The Bertz CT molecular complexity index is 297. The van der Waals surface area contributed by atoms with Crippen LogP contribution in [0.25, 0.3) is 0 Å². The van der Waals surface area contributed by atoms with Gasteiger partial charge in [0, 0.05) is 29.0 Å². The molecule has 0 bridgehead atoms. The molecule has 0 aliphatic heterocycles. The van der Waals surface area contributed by atoms with Gasteiger partial charge in [0.15, 0.2) is 0 Å². The summed E-state index contributed by atoms with van der Waals surface area (Å²) in [6.07, 6.45) is 1.23. The molecular weight excluding hydrogens is 236 g/mol. The number of nitrogens with one attached hydrogen (secondary N) is 1. The van der Waals surface area contributed by atoms with Gasteiger partial charge in [-0.15, -0.1) is 11.3 Å². The number of nitrogens with zero attached hydrogens (tertiary/aromatic N) is 1. The molecule has 4 heteroatoms. The molecule has 2 nitrogen and oxygen atoms in total. The second-order valence-electron chi connectivity index (χ2n) is 4.30. The molecule has 0 aromatic carbocycles. The molecule has 0 radical (unpaired) electrons. The van der Waals surface area contributed by atoms with Crippen molar-refractivity contribution in [2.24, 2.45) is 0 Å². The van der Waals surface area contributed by atoms with Crippen molar-refractivity contribution in [1.82, 2.24) is 10.3 Å². The van der Waals surface area contributed by atoms with Crippen LogP contribution in [-0.4, -0.2) is 16.3 Å². The lowest BCUT2D eigenvalue weighted by Gasteiger charge is -2.06. The van der Waals surface area contributed by atoms with E-state index in [9.17, 15) is 0 Å². The Labute approximate surface area is 107 Å². The zero-order valence-corrected chi connectivity index (χ0v) is 12.3. The first kappa shape index (κ1) is 14.0. The van der Waals surface area contributed by atoms with Crippen molar-refractivity contribution < 1.29 is 0 Å². The van der Waals surface area contributed by atoms with Crippen molar-refractivity contribution in [3.63, 3.8) is 0 Å². The Hall–Kier alpha value is -0.0600. The van der Waals surface area contributed by atoms with Crippen LogP contribution in [0, 0.1) is 0 Å². The standard InChI is InChI=1S/C12H22N2S2/c1-5-10(4)15-8-12-14-11(7-16-12)6-13-9(2)3/h7,9-10,13H,5-6,8H2,1-4H3. The third-order valence-corrected chi connectivity index (χ3v) is 4.78. The van der Waals surface area contributed by atoms with E-state index in [1.165, 1.54) is 17.1 Å². The van der Waals surface area contributed by atoms with E-state index in [1.807, 2.05) is 11.8 Å². The van der Waals surface area contributed by atoms with Crippen LogP contribution in [0.5, 0.6) is 0 Å². The number of thiazole rings is 1. The molecule has 1 atom stereocenters. The van der Waals surface area contributed by atoms with Crippen molar-refractivity contribution in [2.75, 3.05) is 0 Å². The summed E-state index contributed by atoms with van der Waals surface area (Å²) in [4.78, 5) is 4.62. The van der Waals surface area contributed by atoms with E-state index in [2.05, 4.69) is 43.4 Å². The predicted molar refractivity (Wildman–Crippen MR) is 75.1 cm³/mol. The molecule has 0 aliphatic carbocycles. The van der Waals surface area contributed by atoms with Crippen molar-refractivity contribution in [3.8, 4) is 0 Å². The molecule has 0 saturated carbocycles. The number of hydrogen-bond donors (Lipinski definition) is 1. The monoisotopic (exact) mass is 258 g/mol. The van der Waals surface area contributed by atoms with Gasteiger partial charge in [-0.25, -0.2) is 4.98 Å². The normalized spacial score (nSPS) is 13.3. The zero-order chi connectivity index (χ0) is 12.0. The quantitative estimate of drug-likeness (QED) is 0.807. The first-order valence-corrected chi connectivity index (χ1v) is 7.83. The molecule has 0 aliphatic rings. The number of aromatic nitrogens is 1. The van der Waals surface area contributed by atoms with Crippen LogP contribution >= 0.6 is 23.1 Å². The second-order valence-corrected chi connectivity index (χ2v) is 6.67. The number of thioether (sulfide) groups is 1. The molecular formula is C12H22N2S2. The lowest BCUT2D eigenvalue weighted by atomic mass is 10.4. The minimum absolute atomic E-state index is 0.527. The molecule has 1 aromatic rings. The Kier molecular flexibility index (Phi) is 6.39. The zero-order valence-electron chi connectivity index (χ0n) is 10.6. The fourth-order valence-electron chi connectivity index (χ4n) is 1.14. The molecule has 0 fully saturated rings. The fourth-order valence-corrected chi connectivity index (χ4v) is 2.92. The van der Waals surface area contributed by atoms with Crippen molar-refractivity contribution >= 4 is 23.1 Å². The van der Waals surface area contributed by atoms with Crippen LogP contribution in [0.4, 0.5) is 0 Å². The van der Waals surface area contributed by atoms with Crippen LogP contribution in [0.2, 0.25) is 0 Å². The maximum absolute atomic E-state index is 4.62. The topological polar surface area (TPSA) is 24.9 Å². The van der Waals surface area contributed by atoms with E-state index in [4.69, 9.17) is 0 Å². The largest absolute Gasteiger partial charge is 0.309 e. The van der Waals surface area contributed by atoms with E-state index in [1.54, 1.807) is 11.3 Å². The van der Waals surface area contributed by atoms with E-state index in [0.717, 1.165) is 17.5 Å². The third-order valence-electron chi connectivity index (χ3n) is 2.36. The maximum Gasteiger partial charge on any atom is 0.103 e. The van der Waals surface area contributed by atoms with Gasteiger partial charge in [0.2, 0.25) is 0 Å². The minimum atomic E-state index is 0.527. The highest BCUT2D eigenvalue weighted by molar-refractivity contribution is 7.99. The Morgan fingerprint density at radius 1 is 1.44 bits per heavy atom. The third kappa shape index (κ3) is 5.32. The van der Waals surface area contributed by atoms with Crippen molar-refractivity contribution in [2.45, 2.75) is 57.7 Å². The first-order valence-electron chi connectivity index (χ1n) is 5.90. The smallest absolute Gasteiger partial charge is 0.103 e. The summed E-state index contributed by atoms with van der Waals surface area (Å²) in [6.45, 7) is 9.72. The van der Waals surface area contributed by atoms with Crippen LogP contribution in [0.15, 0.2) is 5.38 Å². The van der Waals surface area contributed by atoms with E-state index < -0.39 is 0 Å². The molecule has 0 amide bonds. The van der Waals surface area contributed by atoms with Gasteiger partial charge in [0.05, 0.1) is 5.69 Å². The molecule has 1 heterocycles. The van der Waals surface area contributed by atoms with Crippen LogP contribution < -0.4 is 5.32 Å². The van der Waals surface area contributed by atoms with Crippen molar-refractivity contribution in [3.05, 3.63) is 16.1 Å². The highest BCUT2D eigenvalue weighted by Gasteiger charge is 2.05. The van der Waals surface area contributed by atoms with Gasteiger partial charge in [-0.3, -0.25) is 0 Å². The first-order chi connectivity index (χ1) is 7.61. The summed E-state index contributed by atoms with van der Waals surface area (Å²) in [5.74, 6) is 1.06. The molecule has 92 valence electrons. The fraction of sp³-hybridized carbons (Fsp3) is 0.750. The van der Waals surface area contributed by atoms with Gasteiger partial charge in [0.1, 0.15) is 5.01 Å². The minimum Gasteiger partial charge on any atom is -0.309 e. The summed E-state index contributed by atoms with van der Waals surface area (Å²) in [7, 11) is 0. The summed E-state index contributed by atoms with van der Waals surface area (Å²) >= 11 is 3.78. The van der Waals surface area contributed by atoms with Gasteiger partial charge in [-0.2, -0.15) is 11.8 Å². The Balaban J connectivity index is 2.33. The number of hydrogen-bond acceptors (Lipinski definition) is 4. The summed E-state index contributed by atoms with van der Waals surface area (Å²) in [5, 5.41) is 7.55. The van der Waals surface area contributed by atoms with Gasteiger partial charge < -0.3 is 5.32 Å². The van der Waals surface area contributed by atoms with Crippen LogP contribution in [0.3, 0.4) is 0 Å². The Morgan fingerprint density at radius 2 is 2.19 bits per heavy atom. The summed E-state index contributed by atoms with van der Waals surface area (Å²) in [6, 6.07) is 0.527. The molecule has 1 N–H and O–H groups in total. The van der Waals surface area contributed by atoms with E-state index in [0.29, 0.717) is 6.04 Å². The lowest BCUT2D eigenvalue weighted by molar-refractivity contribution is 0.582. The second kappa shape index (κ2) is 7.30. The molecule has 1 unspecified atom stereocenters. The summed E-state index contributed by atoms with van der Waals surface area (Å²) in [5.41, 5.74) is 1.18. The van der Waals surface area contributed by atoms with E-state index >= 15 is 0 Å². The van der Waals surface area contributed by atoms with Crippen LogP contribution in [-0.2, 0) is 12.3 Å². The molecule has 0 spiro atoms. The average Bonchev–Trinajstić information content (AvgIpc) is 2.71. The van der Waals surface area contributed by atoms with Gasteiger partial charge in [-0.05, 0) is 6.42 Å². The van der Waals surface area contributed by atoms with E-state index in [-0.39, 0.29) is 0 Å². The molecule has 0 saturated heterocycles. The predicted octanol–water partition coefficient (Wildman–Crippen LogP) is 3.67. The molecule has 1 aromatic heterocycles. The lowest BCUT2D eigenvalue weighted by Crippen LogP contribution is -2.21. The van der Waals surface area contributed by atoms with Gasteiger partial charge >= 0.3 is 0 Å². The van der Waals surface area contributed by atoms with Crippen molar-refractivity contribution in [1.29, 1.82) is 0 Å².